The minimum absolute atomic E-state index is 0.136. The Labute approximate surface area is 89.5 Å². The van der Waals surface area contributed by atoms with E-state index in [9.17, 15) is 0 Å². The van der Waals surface area contributed by atoms with Gasteiger partial charge in [0.15, 0.2) is 0 Å². The second-order valence-corrected chi connectivity index (χ2v) is 3.51. The van der Waals surface area contributed by atoms with Crippen LogP contribution in [-0.2, 0) is 0 Å². The van der Waals surface area contributed by atoms with E-state index >= 15 is 0 Å². The summed E-state index contributed by atoms with van der Waals surface area (Å²) in [5, 5.41) is 2.98. The molecule has 1 aromatic carbocycles. The van der Waals surface area contributed by atoms with Crippen molar-refractivity contribution in [2.24, 2.45) is 4.99 Å². The number of nitrogens with one attached hydrogen (secondary N) is 1. The molecule has 0 spiro atoms. The molecule has 1 atom stereocenters. The molecule has 1 aromatic rings. The van der Waals surface area contributed by atoms with Gasteiger partial charge in [0.2, 0.25) is 0 Å². The molecule has 0 aliphatic carbocycles. The van der Waals surface area contributed by atoms with Gasteiger partial charge in [0.25, 0.3) is 0 Å². The normalized spacial score (nSPS) is 19.3. The first-order chi connectivity index (χ1) is 7.31. The number of hydrogen-bond acceptors (Lipinski definition) is 3. The molecule has 2 rings (SSSR count). The maximum atomic E-state index is 5.12. The van der Waals surface area contributed by atoms with Gasteiger partial charge in [-0.1, -0.05) is 12.1 Å². The van der Waals surface area contributed by atoms with Gasteiger partial charge in [0.05, 0.1) is 19.5 Å². The van der Waals surface area contributed by atoms with Crippen LogP contribution >= 0.6 is 0 Å². The highest BCUT2D eigenvalue weighted by molar-refractivity contribution is 5.59. The highest BCUT2D eigenvalue weighted by Gasteiger charge is 2.13. The average molecular weight is 202 g/mol. The quantitative estimate of drug-likeness (QED) is 0.798. The summed E-state index contributed by atoms with van der Waals surface area (Å²) in [6.07, 6.45) is 3.70. The summed E-state index contributed by atoms with van der Waals surface area (Å²) in [6.45, 7) is 2.07. The number of aliphatic imine (C=N–C) groups is 1. The van der Waals surface area contributed by atoms with Crippen LogP contribution in [0.25, 0.3) is 0 Å². The van der Waals surface area contributed by atoms with Gasteiger partial charge in [0.1, 0.15) is 5.75 Å². The third kappa shape index (κ3) is 2.01. The minimum atomic E-state index is 0.136. The van der Waals surface area contributed by atoms with Crippen LogP contribution in [0.15, 0.2) is 41.0 Å². The van der Waals surface area contributed by atoms with E-state index in [4.69, 9.17) is 4.74 Å². The van der Waals surface area contributed by atoms with Gasteiger partial charge in [-0.3, -0.25) is 4.99 Å². The van der Waals surface area contributed by atoms with Gasteiger partial charge in [-0.05, 0) is 30.2 Å². The van der Waals surface area contributed by atoms with Crippen LogP contribution in [0.2, 0.25) is 0 Å². The van der Waals surface area contributed by atoms with Crippen LogP contribution in [0.3, 0.4) is 0 Å². The second-order valence-electron chi connectivity index (χ2n) is 3.51. The van der Waals surface area contributed by atoms with Crippen molar-refractivity contribution in [3.05, 3.63) is 41.6 Å². The molecule has 1 aliphatic rings. The molecule has 0 radical (unpaired) electrons. The van der Waals surface area contributed by atoms with Gasteiger partial charge in [-0.15, -0.1) is 0 Å². The first-order valence-electron chi connectivity index (χ1n) is 4.89. The van der Waals surface area contributed by atoms with Crippen molar-refractivity contribution >= 4 is 6.34 Å². The number of methoxy groups -OCH3 is 1. The number of nitrogens with zero attached hydrogens (tertiary/aromatic N) is 1. The molecule has 0 saturated heterocycles. The number of hydrogen-bond donors (Lipinski definition) is 1. The van der Waals surface area contributed by atoms with E-state index in [1.807, 2.05) is 30.5 Å². The first-order valence-corrected chi connectivity index (χ1v) is 4.89. The molecule has 0 fully saturated rings. The van der Waals surface area contributed by atoms with Crippen LogP contribution in [0, 0.1) is 0 Å². The Hall–Kier alpha value is -1.77. The van der Waals surface area contributed by atoms with Crippen molar-refractivity contribution in [2.75, 3.05) is 7.11 Å². The number of rotatable bonds is 2. The fourth-order valence-electron chi connectivity index (χ4n) is 1.62. The predicted octanol–water partition coefficient (Wildman–Crippen LogP) is 2.27. The molecule has 0 saturated carbocycles. The minimum Gasteiger partial charge on any atom is -0.497 e. The highest BCUT2D eigenvalue weighted by atomic mass is 16.5. The molecule has 0 aromatic heterocycles. The highest BCUT2D eigenvalue weighted by Crippen LogP contribution is 2.27. The molecular weight excluding hydrogens is 188 g/mol. The molecular formula is C12H14N2O. The zero-order chi connectivity index (χ0) is 10.7. The van der Waals surface area contributed by atoms with Gasteiger partial charge in [-0.2, -0.15) is 0 Å². The van der Waals surface area contributed by atoms with Gasteiger partial charge >= 0.3 is 0 Å². The summed E-state index contributed by atoms with van der Waals surface area (Å²) in [6, 6.07) is 8.14. The summed E-state index contributed by atoms with van der Waals surface area (Å²) in [7, 11) is 1.67. The summed E-state index contributed by atoms with van der Waals surface area (Å²) in [4.78, 5) is 4.39. The summed E-state index contributed by atoms with van der Waals surface area (Å²) in [5.74, 6) is 0.873. The van der Waals surface area contributed by atoms with Crippen molar-refractivity contribution in [3.8, 4) is 5.75 Å². The number of ether oxygens (including phenoxy) is 1. The van der Waals surface area contributed by atoms with Crippen molar-refractivity contribution in [1.29, 1.82) is 0 Å². The van der Waals surface area contributed by atoms with Crippen molar-refractivity contribution in [3.63, 3.8) is 0 Å². The zero-order valence-electron chi connectivity index (χ0n) is 8.90. The van der Waals surface area contributed by atoms with E-state index in [1.54, 1.807) is 13.4 Å². The second kappa shape index (κ2) is 4.17. The standard InChI is InChI=1S/C12H14N2O/c1-9-7-13-8-14-12(9)10-3-5-11(15-2)6-4-10/h3-8,12H,1-2H3,(H,13,14). The summed E-state index contributed by atoms with van der Waals surface area (Å²) < 4.78 is 5.12. The molecule has 3 nitrogen and oxygen atoms in total. The van der Waals surface area contributed by atoms with Crippen LogP contribution in [-0.4, -0.2) is 13.4 Å². The summed E-state index contributed by atoms with van der Waals surface area (Å²) in [5.41, 5.74) is 2.39. The summed E-state index contributed by atoms with van der Waals surface area (Å²) >= 11 is 0. The SMILES string of the molecule is COc1ccc(C2N=CNC=C2C)cc1. The number of benzene rings is 1. The zero-order valence-corrected chi connectivity index (χ0v) is 8.90. The Bertz CT molecular complexity index is 393. The fourth-order valence-corrected chi connectivity index (χ4v) is 1.62. The van der Waals surface area contributed by atoms with Crippen molar-refractivity contribution in [1.82, 2.24) is 5.32 Å². The lowest BCUT2D eigenvalue weighted by atomic mass is 10.0. The van der Waals surface area contributed by atoms with Gasteiger partial charge in [0, 0.05) is 6.20 Å². The largest absolute Gasteiger partial charge is 0.497 e. The van der Waals surface area contributed by atoms with E-state index in [-0.39, 0.29) is 6.04 Å². The molecule has 78 valence electrons. The molecule has 0 bridgehead atoms. The lowest BCUT2D eigenvalue weighted by molar-refractivity contribution is 0.414. The topological polar surface area (TPSA) is 33.6 Å². The van der Waals surface area contributed by atoms with Gasteiger partial charge < -0.3 is 10.1 Å². The smallest absolute Gasteiger partial charge is 0.118 e. The monoisotopic (exact) mass is 202 g/mol. The predicted molar refractivity (Wildman–Crippen MR) is 61.1 cm³/mol. The van der Waals surface area contributed by atoms with E-state index in [2.05, 4.69) is 17.2 Å². The Morgan fingerprint density at radius 3 is 2.60 bits per heavy atom. The maximum Gasteiger partial charge on any atom is 0.118 e. The van der Waals surface area contributed by atoms with Crippen LogP contribution in [0.1, 0.15) is 18.5 Å². The van der Waals surface area contributed by atoms with E-state index in [0.717, 1.165) is 5.75 Å². The lowest BCUT2D eigenvalue weighted by Gasteiger charge is -2.17. The molecule has 3 heteroatoms. The Balaban J connectivity index is 2.25. The van der Waals surface area contributed by atoms with Crippen molar-refractivity contribution < 1.29 is 4.74 Å². The van der Waals surface area contributed by atoms with Crippen molar-refractivity contribution in [2.45, 2.75) is 13.0 Å². The Morgan fingerprint density at radius 2 is 2.00 bits per heavy atom. The van der Waals surface area contributed by atoms with Crippen LogP contribution < -0.4 is 10.1 Å². The van der Waals surface area contributed by atoms with E-state index in [0.29, 0.717) is 0 Å². The molecule has 1 N–H and O–H groups in total. The first kappa shape index (κ1) is 9.77. The molecule has 0 amide bonds. The molecule has 15 heavy (non-hydrogen) atoms. The lowest BCUT2D eigenvalue weighted by Crippen LogP contribution is -2.12. The molecule has 1 heterocycles. The fraction of sp³-hybridized carbons (Fsp3) is 0.250. The van der Waals surface area contributed by atoms with Crippen LogP contribution in [0.4, 0.5) is 0 Å². The van der Waals surface area contributed by atoms with Gasteiger partial charge in [-0.25, -0.2) is 0 Å². The van der Waals surface area contributed by atoms with E-state index < -0.39 is 0 Å². The third-order valence-electron chi connectivity index (χ3n) is 2.47. The Morgan fingerprint density at radius 1 is 1.27 bits per heavy atom. The molecule has 1 aliphatic heterocycles. The third-order valence-corrected chi connectivity index (χ3v) is 2.47. The Kier molecular flexibility index (Phi) is 2.72. The van der Waals surface area contributed by atoms with E-state index in [1.165, 1.54) is 11.1 Å². The maximum absolute atomic E-state index is 5.12. The molecule has 1 unspecified atom stereocenters. The average Bonchev–Trinajstić information content (AvgIpc) is 2.30. The van der Waals surface area contributed by atoms with Crippen LogP contribution in [0.5, 0.6) is 5.75 Å².